The molecule has 0 radical (unpaired) electrons. The normalized spacial score (nSPS) is 11.7. The molecule has 3 N–H and O–H groups in total. The van der Waals surface area contributed by atoms with Crippen LogP contribution in [0, 0.1) is 0 Å². The molecule has 2 aromatic heterocycles. The summed E-state index contributed by atoms with van der Waals surface area (Å²) in [4.78, 5) is 7.52. The van der Waals surface area contributed by atoms with E-state index in [9.17, 15) is 0 Å². The van der Waals surface area contributed by atoms with Crippen molar-refractivity contribution in [3.63, 3.8) is 0 Å². The molecule has 0 aliphatic rings. The third kappa shape index (κ3) is 3.53. The molecule has 1 aromatic carbocycles. The summed E-state index contributed by atoms with van der Waals surface area (Å²) in [6, 6.07) is 9.83. The van der Waals surface area contributed by atoms with Crippen molar-refractivity contribution in [1.29, 1.82) is 0 Å². The Hall–Kier alpha value is -2.89. The van der Waals surface area contributed by atoms with E-state index in [1.54, 1.807) is 20.4 Å². The average Bonchev–Trinajstić information content (AvgIpc) is 3.27. The van der Waals surface area contributed by atoms with E-state index >= 15 is 0 Å². The van der Waals surface area contributed by atoms with Gasteiger partial charge in [-0.05, 0) is 36.2 Å². The third-order valence-corrected chi connectivity index (χ3v) is 3.89. The van der Waals surface area contributed by atoms with Gasteiger partial charge in [-0.15, -0.1) is 0 Å². The SMILES string of the molecule is CN=C(NCCc1c[nH]c2cccc(OC)c12)NCc1ccco1. The van der Waals surface area contributed by atoms with Gasteiger partial charge in [0, 0.05) is 30.7 Å². The molecule has 0 saturated carbocycles. The van der Waals surface area contributed by atoms with Crippen molar-refractivity contribution in [3.05, 3.63) is 54.1 Å². The molecule has 2 heterocycles. The van der Waals surface area contributed by atoms with E-state index < -0.39 is 0 Å². The van der Waals surface area contributed by atoms with E-state index in [-0.39, 0.29) is 0 Å². The van der Waals surface area contributed by atoms with Crippen molar-refractivity contribution < 1.29 is 9.15 Å². The van der Waals surface area contributed by atoms with Crippen molar-refractivity contribution in [1.82, 2.24) is 15.6 Å². The summed E-state index contributed by atoms with van der Waals surface area (Å²) in [5.74, 6) is 2.52. The summed E-state index contributed by atoms with van der Waals surface area (Å²) in [6.45, 7) is 1.37. The second kappa shape index (κ2) is 7.59. The van der Waals surface area contributed by atoms with E-state index in [4.69, 9.17) is 9.15 Å². The number of H-pyrrole nitrogens is 1. The largest absolute Gasteiger partial charge is 0.496 e. The maximum Gasteiger partial charge on any atom is 0.191 e. The summed E-state index contributed by atoms with van der Waals surface area (Å²) >= 11 is 0. The maximum atomic E-state index is 5.47. The molecule has 0 aliphatic heterocycles. The first kappa shape index (κ1) is 16.0. The topological polar surface area (TPSA) is 74.6 Å². The van der Waals surface area contributed by atoms with Gasteiger partial charge >= 0.3 is 0 Å². The predicted molar refractivity (Wildman–Crippen MR) is 95.5 cm³/mol. The molecule has 0 amide bonds. The minimum Gasteiger partial charge on any atom is -0.496 e. The summed E-state index contributed by atoms with van der Waals surface area (Å²) in [6.07, 6.45) is 4.56. The zero-order valence-electron chi connectivity index (χ0n) is 13.9. The fourth-order valence-corrected chi connectivity index (χ4v) is 2.71. The molecule has 3 aromatic rings. The van der Waals surface area contributed by atoms with Crippen molar-refractivity contribution in [3.8, 4) is 5.75 Å². The van der Waals surface area contributed by atoms with Crippen LogP contribution >= 0.6 is 0 Å². The van der Waals surface area contributed by atoms with Gasteiger partial charge in [-0.3, -0.25) is 4.99 Å². The van der Waals surface area contributed by atoms with Crippen molar-refractivity contribution in [2.75, 3.05) is 20.7 Å². The lowest BCUT2D eigenvalue weighted by atomic mass is 10.1. The highest BCUT2D eigenvalue weighted by Crippen LogP contribution is 2.28. The summed E-state index contributed by atoms with van der Waals surface area (Å²) in [5, 5.41) is 7.68. The number of methoxy groups -OCH3 is 1. The molecular weight excluding hydrogens is 304 g/mol. The Morgan fingerprint density at radius 3 is 2.92 bits per heavy atom. The molecule has 0 bridgehead atoms. The smallest absolute Gasteiger partial charge is 0.191 e. The zero-order valence-corrected chi connectivity index (χ0v) is 13.9. The molecule has 6 nitrogen and oxygen atoms in total. The number of ether oxygens (including phenoxy) is 1. The van der Waals surface area contributed by atoms with Crippen LogP contribution in [0.3, 0.4) is 0 Å². The molecule has 0 atom stereocenters. The Labute approximate surface area is 140 Å². The van der Waals surface area contributed by atoms with Crippen LogP contribution in [-0.2, 0) is 13.0 Å². The molecule has 0 spiro atoms. The van der Waals surface area contributed by atoms with Crippen LogP contribution in [0.1, 0.15) is 11.3 Å². The van der Waals surface area contributed by atoms with Crippen LogP contribution in [0.4, 0.5) is 0 Å². The van der Waals surface area contributed by atoms with Gasteiger partial charge in [0.1, 0.15) is 11.5 Å². The van der Waals surface area contributed by atoms with Crippen molar-refractivity contribution >= 4 is 16.9 Å². The Bertz CT molecular complexity index is 806. The number of benzene rings is 1. The standard InChI is InChI=1S/C18H22N4O2/c1-19-18(22-12-14-5-4-10-24-14)20-9-8-13-11-21-15-6-3-7-16(23-2)17(13)15/h3-7,10-11,21H,8-9,12H2,1-2H3,(H2,19,20,22). The number of nitrogens with one attached hydrogen (secondary N) is 3. The van der Waals surface area contributed by atoms with Crippen LogP contribution < -0.4 is 15.4 Å². The van der Waals surface area contributed by atoms with Gasteiger partial charge in [0.05, 0.1) is 19.9 Å². The fraction of sp³-hybridized carbons (Fsp3) is 0.278. The first-order valence-electron chi connectivity index (χ1n) is 7.91. The number of aromatic nitrogens is 1. The number of hydrogen-bond acceptors (Lipinski definition) is 3. The average molecular weight is 326 g/mol. The van der Waals surface area contributed by atoms with Gasteiger partial charge < -0.3 is 24.8 Å². The summed E-state index contributed by atoms with van der Waals surface area (Å²) in [5.41, 5.74) is 2.31. The van der Waals surface area contributed by atoms with Crippen LogP contribution in [0.2, 0.25) is 0 Å². The molecule has 0 saturated heterocycles. The zero-order chi connectivity index (χ0) is 16.8. The van der Waals surface area contributed by atoms with Crippen LogP contribution in [-0.4, -0.2) is 31.6 Å². The number of guanidine groups is 1. The second-order valence-electron chi connectivity index (χ2n) is 5.38. The summed E-state index contributed by atoms with van der Waals surface area (Å²) < 4.78 is 10.8. The van der Waals surface area contributed by atoms with E-state index in [1.807, 2.05) is 30.5 Å². The monoisotopic (exact) mass is 326 g/mol. The lowest BCUT2D eigenvalue weighted by molar-refractivity contribution is 0.419. The minimum atomic E-state index is 0.605. The number of nitrogens with zero attached hydrogens (tertiary/aromatic N) is 1. The lowest BCUT2D eigenvalue weighted by Crippen LogP contribution is -2.37. The Morgan fingerprint density at radius 2 is 2.17 bits per heavy atom. The van der Waals surface area contributed by atoms with E-state index in [2.05, 4.69) is 26.7 Å². The van der Waals surface area contributed by atoms with Gasteiger partial charge in [0.2, 0.25) is 0 Å². The molecule has 3 rings (SSSR count). The van der Waals surface area contributed by atoms with E-state index in [0.717, 1.165) is 41.3 Å². The number of aliphatic imine (C=N–C) groups is 1. The highest BCUT2D eigenvalue weighted by atomic mass is 16.5. The van der Waals surface area contributed by atoms with Gasteiger partial charge in [-0.1, -0.05) is 6.07 Å². The van der Waals surface area contributed by atoms with Gasteiger partial charge in [0.15, 0.2) is 5.96 Å². The molecule has 6 heteroatoms. The number of rotatable bonds is 6. The minimum absolute atomic E-state index is 0.605. The second-order valence-corrected chi connectivity index (χ2v) is 5.38. The number of furan rings is 1. The first-order valence-corrected chi connectivity index (χ1v) is 7.91. The van der Waals surface area contributed by atoms with Crippen LogP contribution in [0.15, 0.2) is 52.2 Å². The molecule has 0 aliphatic carbocycles. The molecule has 0 fully saturated rings. The third-order valence-electron chi connectivity index (χ3n) is 3.89. The molecular formula is C18H22N4O2. The Kier molecular flexibility index (Phi) is 5.05. The molecule has 126 valence electrons. The number of hydrogen-bond donors (Lipinski definition) is 3. The van der Waals surface area contributed by atoms with Gasteiger partial charge in [-0.2, -0.15) is 0 Å². The number of aromatic amines is 1. The van der Waals surface area contributed by atoms with E-state index in [1.165, 1.54) is 5.56 Å². The Morgan fingerprint density at radius 1 is 1.25 bits per heavy atom. The molecule has 0 unspecified atom stereocenters. The molecule has 24 heavy (non-hydrogen) atoms. The Balaban J connectivity index is 1.57. The van der Waals surface area contributed by atoms with Crippen molar-refractivity contribution in [2.45, 2.75) is 13.0 Å². The summed E-state index contributed by atoms with van der Waals surface area (Å²) in [7, 11) is 3.45. The van der Waals surface area contributed by atoms with Crippen LogP contribution in [0.5, 0.6) is 5.75 Å². The fourth-order valence-electron chi connectivity index (χ4n) is 2.71. The van der Waals surface area contributed by atoms with Crippen molar-refractivity contribution in [2.24, 2.45) is 4.99 Å². The maximum absolute atomic E-state index is 5.47. The number of fused-ring (bicyclic) bond motifs is 1. The highest BCUT2D eigenvalue weighted by Gasteiger charge is 2.09. The predicted octanol–water partition coefficient (Wildman–Crippen LogP) is 2.68. The highest BCUT2D eigenvalue weighted by molar-refractivity contribution is 5.89. The quantitative estimate of drug-likeness (QED) is 0.481. The van der Waals surface area contributed by atoms with Crippen LogP contribution in [0.25, 0.3) is 10.9 Å². The van der Waals surface area contributed by atoms with E-state index in [0.29, 0.717) is 6.54 Å². The van der Waals surface area contributed by atoms with Gasteiger partial charge in [-0.25, -0.2) is 0 Å². The lowest BCUT2D eigenvalue weighted by Gasteiger charge is -2.11. The first-order chi connectivity index (χ1) is 11.8. The van der Waals surface area contributed by atoms with Gasteiger partial charge in [0.25, 0.3) is 0 Å².